The normalized spacial score (nSPS) is 11.3. The average Bonchev–Trinajstić information content (AvgIpc) is 2.53. The van der Waals surface area contributed by atoms with Crippen LogP contribution in [0.5, 0.6) is 17.2 Å². The third-order valence-electron chi connectivity index (χ3n) is 4.06. The van der Waals surface area contributed by atoms with E-state index in [1.165, 1.54) is 0 Å². The highest BCUT2D eigenvalue weighted by Gasteiger charge is 2.15. The second-order valence-electron chi connectivity index (χ2n) is 8.04. The van der Waals surface area contributed by atoms with E-state index in [4.69, 9.17) is 14.2 Å². The number of hydrogen-bond acceptors (Lipinski definition) is 4. The smallest absolute Gasteiger partial charge is 0.157 e. The minimum atomic E-state index is 0.466. The fourth-order valence-electron chi connectivity index (χ4n) is 2.24. The van der Waals surface area contributed by atoms with Gasteiger partial charge in [-0.25, -0.2) is 0 Å². The highest BCUT2D eigenvalue weighted by atomic mass is 16.5. The third-order valence-corrected chi connectivity index (χ3v) is 4.06. The minimum absolute atomic E-state index is 0.466. The van der Waals surface area contributed by atoms with Gasteiger partial charge in [0.25, 0.3) is 0 Å². The molecule has 0 bridgehead atoms. The van der Waals surface area contributed by atoms with E-state index in [-0.39, 0.29) is 0 Å². The van der Waals surface area contributed by atoms with Gasteiger partial charge in [0, 0.05) is 12.1 Å². The van der Waals surface area contributed by atoms with E-state index < -0.39 is 0 Å². The van der Waals surface area contributed by atoms with Crippen LogP contribution < -0.4 is 14.2 Å². The topological polar surface area (TPSA) is 44.8 Å². The maximum absolute atomic E-state index is 11.7. The van der Waals surface area contributed by atoms with E-state index >= 15 is 0 Å². The Labute approximate surface area is 159 Å². The summed E-state index contributed by atoms with van der Waals surface area (Å²) in [4.78, 5) is 11.7. The van der Waals surface area contributed by atoms with Gasteiger partial charge in [-0.2, -0.15) is 0 Å². The predicted molar refractivity (Wildman–Crippen MR) is 107 cm³/mol. The van der Waals surface area contributed by atoms with Crippen molar-refractivity contribution in [3.63, 3.8) is 0 Å². The lowest BCUT2D eigenvalue weighted by Gasteiger charge is -2.17. The first kappa shape index (κ1) is 22.3. The molecule has 0 heterocycles. The molecular weight excluding hydrogens is 328 g/mol. The molecule has 0 unspecified atom stereocenters. The van der Waals surface area contributed by atoms with Gasteiger partial charge in [0.15, 0.2) is 6.29 Å². The van der Waals surface area contributed by atoms with Crippen LogP contribution in [0.25, 0.3) is 0 Å². The Morgan fingerprint density at radius 1 is 0.731 bits per heavy atom. The van der Waals surface area contributed by atoms with E-state index in [1.807, 2.05) is 0 Å². The summed E-state index contributed by atoms with van der Waals surface area (Å²) >= 11 is 0. The van der Waals surface area contributed by atoms with Gasteiger partial charge in [0.2, 0.25) is 0 Å². The summed E-state index contributed by atoms with van der Waals surface area (Å²) in [7, 11) is 0. The molecular formula is C22H36O4. The Bertz CT molecular complexity index is 500. The van der Waals surface area contributed by atoms with Crippen molar-refractivity contribution in [1.82, 2.24) is 0 Å². The first-order chi connectivity index (χ1) is 12.3. The van der Waals surface area contributed by atoms with Gasteiger partial charge >= 0.3 is 0 Å². The quantitative estimate of drug-likeness (QED) is 0.417. The van der Waals surface area contributed by atoms with E-state index in [1.54, 1.807) is 12.1 Å². The zero-order chi connectivity index (χ0) is 19.5. The molecule has 4 heteroatoms. The number of carbonyl (C=O) groups is 1. The van der Waals surface area contributed by atoms with Crippen LogP contribution in [0, 0.1) is 17.8 Å². The van der Waals surface area contributed by atoms with Crippen LogP contribution >= 0.6 is 0 Å². The molecule has 0 atom stereocenters. The predicted octanol–water partition coefficient (Wildman–Crippen LogP) is 5.77. The number of benzene rings is 1. The molecule has 0 aliphatic carbocycles. The van der Waals surface area contributed by atoms with Crippen molar-refractivity contribution in [3.05, 3.63) is 17.7 Å². The highest BCUT2D eigenvalue weighted by Crippen LogP contribution is 2.34. The maximum Gasteiger partial charge on any atom is 0.157 e. The number of carbonyl (C=O) groups excluding carboxylic acids is 1. The Hall–Kier alpha value is -1.71. The summed E-state index contributed by atoms with van der Waals surface area (Å²) in [6.07, 6.45) is 3.65. The molecule has 26 heavy (non-hydrogen) atoms. The molecule has 1 aromatic carbocycles. The van der Waals surface area contributed by atoms with Crippen molar-refractivity contribution in [2.45, 2.75) is 60.8 Å². The Morgan fingerprint density at radius 2 is 1.12 bits per heavy atom. The first-order valence-corrected chi connectivity index (χ1v) is 9.85. The zero-order valence-corrected chi connectivity index (χ0v) is 17.3. The number of ether oxygens (including phenoxy) is 3. The summed E-state index contributed by atoms with van der Waals surface area (Å²) < 4.78 is 17.6. The summed E-state index contributed by atoms with van der Waals surface area (Å²) in [6.45, 7) is 14.7. The Kier molecular flexibility index (Phi) is 10.2. The molecule has 0 saturated carbocycles. The summed E-state index contributed by atoms with van der Waals surface area (Å²) in [5.41, 5.74) is 0.466. The lowest BCUT2D eigenvalue weighted by Crippen LogP contribution is -2.08. The zero-order valence-electron chi connectivity index (χ0n) is 17.3. The molecule has 0 N–H and O–H groups in total. The fraction of sp³-hybridized carbons (Fsp3) is 0.682. The van der Waals surface area contributed by atoms with Crippen molar-refractivity contribution in [2.24, 2.45) is 17.8 Å². The van der Waals surface area contributed by atoms with Crippen LogP contribution in [0.1, 0.15) is 71.2 Å². The molecule has 0 saturated heterocycles. The molecule has 0 amide bonds. The monoisotopic (exact) mass is 364 g/mol. The van der Waals surface area contributed by atoms with Crippen molar-refractivity contribution < 1.29 is 19.0 Å². The lowest BCUT2D eigenvalue weighted by molar-refractivity contribution is 0.111. The van der Waals surface area contributed by atoms with Crippen molar-refractivity contribution >= 4 is 6.29 Å². The first-order valence-electron chi connectivity index (χ1n) is 9.85. The SMILES string of the molecule is CC(C)CCOc1cc(OCCC(C)C)c(C=O)c(OCCC(C)C)c1. The van der Waals surface area contributed by atoms with Gasteiger partial charge in [-0.15, -0.1) is 0 Å². The molecule has 0 aromatic heterocycles. The molecule has 0 aliphatic heterocycles. The average molecular weight is 365 g/mol. The summed E-state index contributed by atoms with van der Waals surface area (Å²) in [6, 6.07) is 3.61. The second kappa shape index (κ2) is 11.8. The van der Waals surface area contributed by atoms with Gasteiger partial charge in [-0.3, -0.25) is 4.79 Å². The number of rotatable bonds is 13. The maximum atomic E-state index is 11.7. The van der Waals surface area contributed by atoms with E-state index in [0.29, 0.717) is 60.4 Å². The van der Waals surface area contributed by atoms with Gasteiger partial charge in [-0.1, -0.05) is 41.5 Å². The Morgan fingerprint density at radius 3 is 1.46 bits per heavy atom. The lowest BCUT2D eigenvalue weighted by atomic mass is 10.1. The molecule has 148 valence electrons. The van der Waals surface area contributed by atoms with Crippen LogP contribution in [-0.4, -0.2) is 26.1 Å². The Balaban J connectivity index is 2.95. The van der Waals surface area contributed by atoms with Crippen molar-refractivity contribution in [1.29, 1.82) is 0 Å². The van der Waals surface area contributed by atoms with E-state index in [2.05, 4.69) is 41.5 Å². The van der Waals surface area contributed by atoms with Crippen LogP contribution in [0.4, 0.5) is 0 Å². The molecule has 1 rings (SSSR count). The molecule has 1 aromatic rings. The molecule has 4 nitrogen and oxygen atoms in total. The van der Waals surface area contributed by atoms with Gasteiger partial charge in [0.05, 0.1) is 25.4 Å². The molecule has 0 aliphatic rings. The summed E-state index contributed by atoms with van der Waals surface area (Å²) in [5, 5.41) is 0. The van der Waals surface area contributed by atoms with E-state index in [9.17, 15) is 4.79 Å². The fourth-order valence-corrected chi connectivity index (χ4v) is 2.24. The van der Waals surface area contributed by atoms with Crippen LogP contribution in [0.2, 0.25) is 0 Å². The van der Waals surface area contributed by atoms with Gasteiger partial charge in [-0.05, 0) is 37.0 Å². The van der Waals surface area contributed by atoms with Gasteiger partial charge < -0.3 is 14.2 Å². The van der Waals surface area contributed by atoms with Crippen LogP contribution in [0.15, 0.2) is 12.1 Å². The highest BCUT2D eigenvalue weighted by molar-refractivity contribution is 5.84. The van der Waals surface area contributed by atoms with Gasteiger partial charge in [0.1, 0.15) is 17.2 Å². The number of hydrogen-bond donors (Lipinski definition) is 0. The molecule has 0 fully saturated rings. The standard InChI is InChI=1S/C22H36O4/c1-16(2)7-10-24-19-13-21(25-11-8-17(3)4)20(15-23)22(14-19)26-12-9-18(5)6/h13-18H,7-12H2,1-6H3. The second-order valence-corrected chi connectivity index (χ2v) is 8.04. The minimum Gasteiger partial charge on any atom is -0.493 e. The molecule has 0 spiro atoms. The summed E-state index contributed by atoms with van der Waals surface area (Å²) in [5.74, 6) is 3.44. The van der Waals surface area contributed by atoms with Crippen LogP contribution in [-0.2, 0) is 0 Å². The molecule has 0 radical (unpaired) electrons. The van der Waals surface area contributed by atoms with Crippen molar-refractivity contribution in [2.75, 3.05) is 19.8 Å². The third kappa shape index (κ3) is 8.59. The number of aldehydes is 1. The van der Waals surface area contributed by atoms with E-state index in [0.717, 1.165) is 25.5 Å². The van der Waals surface area contributed by atoms with Crippen molar-refractivity contribution in [3.8, 4) is 17.2 Å². The van der Waals surface area contributed by atoms with Crippen LogP contribution in [0.3, 0.4) is 0 Å². The largest absolute Gasteiger partial charge is 0.493 e.